The molecule has 0 saturated carbocycles. The minimum Gasteiger partial charge on any atom is -0.492 e. The molecule has 19 heavy (non-hydrogen) atoms. The Balaban J connectivity index is 2.09. The first-order chi connectivity index (χ1) is 9.19. The zero-order valence-electron chi connectivity index (χ0n) is 10.6. The van der Waals surface area contributed by atoms with Gasteiger partial charge in [-0.25, -0.2) is 4.39 Å². The molecule has 0 bridgehead atoms. The summed E-state index contributed by atoms with van der Waals surface area (Å²) < 4.78 is 18.3. The number of hydrogen-bond acceptors (Lipinski definition) is 2. The summed E-state index contributed by atoms with van der Waals surface area (Å²) in [5, 5.41) is 3.89. The highest BCUT2D eigenvalue weighted by Crippen LogP contribution is 2.28. The minimum atomic E-state index is -0.235. The Morgan fingerprint density at radius 2 is 1.89 bits per heavy atom. The van der Waals surface area contributed by atoms with E-state index in [9.17, 15) is 4.39 Å². The molecule has 2 aromatic carbocycles. The molecule has 0 aromatic heterocycles. The predicted octanol–water partition coefficient (Wildman–Crippen LogP) is 4.49. The van der Waals surface area contributed by atoms with Crippen molar-refractivity contribution in [3.05, 3.63) is 58.9 Å². The predicted molar refractivity (Wildman–Crippen MR) is 76.3 cm³/mol. The molecule has 2 aromatic rings. The van der Waals surface area contributed by atoms with Gasteiger partial charge in [-0.1, -0.05) is 23.7 Å². The monoisotopic (exact) mass is 279 g/mol. The van der Waals surface area contributed by atoms with E-state index in [1.807, 2.05) is 19.1 Å². The summed E-state index contributed by atoms with van der Waals surface area (Å²) >= 11 is 5.97. The van der Waals surface area contributed by atoms with Crippen LogP contribution in [0.5, 0.6) is 5.75 Å². The maximum Gasteiger partial charge on any atom is 0.142 e. The van der Waals surface area contributed by atoms with Crippen LogP contribution in [0.3, 0.4) is 0 Å². The van der Waals surface area contributed by atoms with Crippen LogP contribution in [0.1, 0.15) is 12.5 Å². The molecule has 0 spiro atoms. The smallest absolute Gasteiger partial charge is 0.142 e. The number of benzene rings is 2. The summed E-state index contributed by atoms with van der Waals surface area (Å²) in [5.41, 5.74) is 1.82. The minimum absolute atomic E-state index is 0.235. The summed E-state index contributed by atoms with van der Waals surface area (Å²) in [7, 11) is 0. The fourth-order valence-electron chi connectivity index (χ4n) is 1.72. The SMILES string of the molecule is CCOc1ccc(Cl)cc1NCc1ccc(F)cc1. The molecule has 0 heterocycles. The zero-order valence-corrected chi connectivity index (χ0v) is 11.4. The molecule has 0 atom stereocenters. The van der Waals surface area contributed by atoms with E-state index in [2.05, 4.69) is 5.32 Å². The molecule has 0 aliphatic carbocycles. The maximum absolute atomic E-state index is 12.8. The van der Waals surface area contributed by atoms with Gasteiger partial charge < -0.3 is 10.1 Å². The van der Waals surface area contributed by atoms with Gasteiger partial charge in [0.2, 0.25) is 0 Å². The molecule has 0 aliphatic heterocycles. The molecule has 0 unspecified atom stereocenters. The van der Waals surface area contributed by atoms with Crippen molar-refractivity contribution in [2.75, 3.05) is 11.9 Å². The third-order valence-electron chi connectivity index (χ3n) is 2.64. The van der Waals surface area contributed by atoms with E-state index in [0.29, 0.717) is 18.2 Å². The largest absolute Gasteiger partial charge is 0.492 e. The Labute approximate surface area is 117 Å². The number of nitrogens with one attached hydrogen (secondary N) is 1. The number of halogens is 2. The highest BCUT2D eigenvalue weighted by molar-refractivity contribution is 6.30. The van der Waals surface area contributed by atoms with Gasteiger partial charge in [-0.3, -0.25) is 0 Å². The normalized spacial score (nSPS) is 10.3. The van der Waals surface area contributed by atoms with Crippen molar-refractivity contribution in [2.45, 2.75) is 13.5 Å². The third kappa shape index (κ3) is 3.86. The second kappa shape index (κ2) is 6.43. The van der Waals surface area contributed by atoms with Gasteiger partial charge in [0.1, 0.15) is 11.6 Å². The van der Waals surface area contributed by atoms with Gasteiger partial charge in [0, 0.05) is 11.6 Å². The van der Waals surface area contributed by atoms with Crippen molar-refractivity contribution in [1.29, 1.82) is 0 Å². The molecule has 0 amide bonds. The molecule has 4 heteroatoms. The topological polar surface area (TPSA) is 21.3 Å². The summed E-state index contributed by atoms with van der Waals surface area (Å²) in [6.07, 6.45) is 0. The average molecular weight is 280 g/mol. The molecule has 100 valence electrons. The van der Waals surface area contributed by atoms with Crippen LogP contribution >= 0.6 is 11.6 Å². The Kier molecular flexibility index (Phi) is 4.63. The van der Waals surface area contributed by atoms with Crippen molar-refractivity contribution >= 4 is 17.3 Å². The van der Waals surface area contributed by atoms with Crippen LogP contribution in [0.15, 0.2) is 42.5 Å². The Morgan fingerprint density at radius 3 is 2.58 bits per heavy atom. The summed E-state index contributed by atoms with van der Waals surface area (Å²) in [5.74, 6) is 0.524. The van der Waals surface area contributed by atoms with Crippen molar-refractivity contribution in [1.82, 2.24) is 0 Å². The van der Waals surface area contributed by atoms with Gasteiger partial charge in [-0.2, -0.15) is 0 Å². The molecule has 0 radical (unpaired) electrons. The molecular weight excluding hydrogens is 265 g/mol. The lowest BCUT2D eigenvalue weighted by molar-refractivity contribution is 0.341. The second-order valence-corrected chi connectivity index (χ2v) is 4.49. The lowest BCUT2D eigenvalue weighted by Crippen LogP contribution is -2.02. The van der Waals surface area contributed by atoms with Crippen LogP contribution in [-0.4, -0.2) is 6.61 Å². The van der Waals surface area contributed by atoms with Gasteiger partial charge in [0.25, 0.3) is 0 Å². The highest BCUT2D eigenvalue weighted by Gasteiger charge is 2.04. The van der Waals surface area contributed by atoms with Crippen molar-refractivity contribution in [3.63, 3.8) is 0 Å². The Bertz CT molecular complexity index is 542. The van der Waals surface area contributed by atoms with E-state index in [4.69, 9.17) is 16.3 Å². The maximum atomic E-state index is 12.8. The van der Waals surface area contributed by atoms with E-state index in [1.165, 1.54) is 12.1 Å². The van der Waals surface area contributed by atoms with Crippen LogP contribution in [0.4, 0.5) is 10.1 Å². The number of rotatable bonds is 5. The summed E-state index contributed by atoms with van der Waals surface area (Å²) in [6.45, 7) is 3.10. The average Bonchev–Trinajstić information content (AvgIpc) is 2.41. The quantitative estimate of drug-likeness (QED) is 0.871. The van der Waals surface area contributed by atoms with Crippen LogP contribution in [0.25, 0.3) is 0 Å². The standard InChI is InChI=1S/C15H15ClFNO/c1-2-19-15-8-5-12(16)9-14(15)18-10-11-3-6-13(17)7-4-11/h3-9,18H,2,10H2,1H3. The summed E-state index contributed by atoms with van der Waals surface area (Å²) in [4.78, 5) is 0. The first kappa shape index (κ1) is 13.7. The van der Waals surface area contributed by atoms with Gasteiger partial charge in [-0.05, 0) is 42.8 Å². The van der Waals surface area contributed by atoms with Gasteiger partial charge in [0.15, 0.2) is 0 Å². The number of hydrogen-bond donors (Lipinski definition) is 1. The molecule has 2 nitrogen and oxygen atoms in total. The van der Waals surface area contributed by atoms with E-state index < -0.39 is 0 Å². The van der Waals surface area contributed by atoms with E-state index in [1.54, 1.807) is 18.2 Å². The van der Waals surface area contributed by atoms with Crippen LogP contribution in [0.2, 0.25) is 5.02 Å². The molecule has 0 fully saturated rings. The molecule has 2 rings (SSSR count). The molecule has 0 aliphatic rings. The fraction of sp³-hybridized carbons (Fsp3) is 0.200. The Morgan fingerprint density at radius 1 is 1.16 bits per heavy atom. The van der Waals surface area contributed by atoms with Crippen LogP contribution < -0.4 is 10.1 Å². The van der Waals surface area contributed by atoms with Gasteiger partial charge in [0.05, 0.1) is 12.3 Å². The molecule has 1 N–H and O–H groups in total. The number of ether oxygens (including phenoxy) is 1. The van der Waals surface area contributed by atoms with Gasteiger partial charge in [-0.15, -0.1) is 0 Å². The first-order valence-electron chi connectivity index (χ1n) is 6.09. The lowest BCUT2D eigenvalue weighted by atomic mass is 10.2. The fourth-order valence-corrected chi connectivity index (χ4v) is 1.89. The van der Waals surface area contributed by atoms with E-state index in [0.717, 1.165) is 17.0 Å². The van der Waals surface area contributed by atoms with Crippen molar-refractivity contribution in [3.8, 4) is 5.75 Å². The van der Waals surface area contributed by atoms with E-state index >= 15 is 0 Å². The van der Waals surface area contributed by atoms with Crippen LogP contribution in [-0.2, 0) is 6.54 Å². The summed E-state index contributed by atoms with van der Waals surface area (Å²) in [6, 6.07) is 11.8. The zero-order chi connectivity index (χ0) is 13.7. The third-order valence-corrected chi connectivity index (χ3v) is 2.87. The second-order valence-electron chi connectivity index (χ2n) is 4.05. The van der Waals surface area contributed by atoms with Gasteiger partial charge >= 0.3 is 0 Å². The highest BCUT2D eigenvalue weighted by atomic mass is 35.5. The number of anilines is 1. The molecule has 0 saturated heterocycles. The first-order valence-corrected chi connectivity index (χ1v) is 6.47. The van der Waals surface area contributed by atoms with Crippen LogP contribution in [0, 0.1) is 5.82 Å². The lowest BCUT2D eigenvalue weighted by Gasteiger charge is -2.12. The van der Waals surface area contributed by atoms with Crippen molar-refractivity contribution < 1.29 is 9.13 Å². The Hall–Kier alpha value is -1.74. The van der Waals surface area contributed by atoms with Crippen molar-refractivity contribution in [2.24, 2.45) is 0 Å². The molecular formula is C15H15ClFNO. The van der Waals surface area contributed by atoms with E-state index in [-0.39, 0.29) is 5.82 Å².